The molecule has 0 spiro atoms. The Kier molecular flexibility index (Phi) is 6.83. The van der Waals surface area contributed by atoms with Crippen LogP contribution in [0.1, 0.15) is 0 Å². The van der Waals surface area contributed by atoms with Crippen LogP contribution in [0.4, 0.5) is 0 Å². The maximum Gasteiger partial charge on any atom is 0.164 e. The fraction of sp³-hybridized carbons (Fsp3) is 0. The number of aromatic nitrogens is 5. The van der Waals surface area contributed by atoms with Crippen molar-refractivity contribution in [1.82, 2.24) is 24.1 Å². The molecule has 0 aliphatic rings. The first kappa shape index (κ1) is 31.5. The van der Waals surface area contributed by atoms with Crippen LogP contribution < -0.4 is 0 Å². The van der Waals surface area contributed by atoms with Crippen LogP contribution in [0.2, 0.25) is 0 Å². The van der Waals surface area contributed by atoms with E-state index in [0.717, 1.165) is 77.3 Å². The molecule has 0 unspecified atom stereocenters. The Morgan fingerprint density at radius 2 is 0.825 bits per heavy atom. The van der Waals surface area contributed by atoms with Gasteiger partial charge in [-0.15, -0.1) is 0 Å². The molecule has 0 aliphatic heterocycles. The van der Waals surface area contributed by atoms with Gasteiger partial charge in [0, 0.05) is 60.4 Å². The van der Waals surface area contributed by atoms with Gasteiger partial charge >= 0.3 is 0 Å². The summed E-state index contributed by atoms with van der Waals surface area (Å²) < 4.78 is 11.5. The zero-order valence-corrected chi connectivity index (χ0v) is 30.5. The number of benzene rings is 8. The first-order valence-electron chi connectivity index (χ1n) is 19.1. The normalized spacial score (nSPS) is 11.9. The van der Waals surface area contributed by atoms with E-state index in [9.17, 15) is 0 Å². The van der Waals surface area contributed by atoms with Gasteiger partial charge in [0.1, 0.15) is 5.58 Å². The van der Waals surface area contributed by atoms with Gasteiger partial charge in [0.15, 0.2) is 23.1 Å². The minimum atomic E-state index is 0.617. The van der Waals surface area contributed by atoms with Crippen molar-refractivity contribution >= 4 is 65.6 Å². The van der Waals surface area contributed by atoms with E-state index in [2.05, 4.69) is 124 Å². The van der Waals surface area contributed by atoms with Crippen molar-refractivity contribution in [2.45, 2.75) is 0 Å². The number of rotatable bonds is 5. The lowest BCUT2D eigenvalue weighted by Crippen LogP contribution is -2.00. The average Bonchev–Trinajstić information content (AvgIpc) is 3.94. The molecular weight excluding hydrogens is 699 g/mol. The van der Waals surface area contributed by atoms with E-state index in [0.29, 0.717) is 17.5 Å². The van der Waals surface area contributed by atoms with E-state index in [1.165, 1.54) is 16.3 Å². The van der Waals surface area contributed by atoms with Gasteiger partial charge in [-0.05, 0) is 66.7 Å². The molecule has 0 fully saturated rings. The van der Waals surface area contributed by atoms with Gasteiger partial charge in [0.25, 0.3) is 0 Å². The predicted octanol–water partition coefficient (Wildman–Crippen LogP) is 13.0. The van der Waals surface area contributed by atoms with Crippen LogP contribution in [0.5, 0.6) is 0 Å². The lowest BCUT2D eigenvalue weighted by atomic mass is 10.1. The van der Waals surface area contributed by atoms with Crippen LogP contribution in [0.15, 0.2) is 192 Å². The van der Waals surface area contributed by atoms with Crippen molar-refractivity contribution in [3.63, 3.8) is 0 Å². The summed E-state index contributed by atoms with van der Waals surface area (Å²) >= 11 is 0. The average molecular weight is 730 g/mol. The molecule has 0 atom stereocenters. The second-order valence-corrected chi connectivity index (χ2v) is 14.4. The van der Waals surface area contributed by atoms with Crippen LogP contribution in [-0.2, 0) is 0 Å². The zero-order chi connectivity index (χ0) is 37.5. The summed E-state index contributed by atoms with van der Waals surface area (Å²) in [6.45, 7) is 0. The fourth-order valence-corrected chi connectivity index (χ4v) is 8.56. The summed E-state index contributed by atoms with van der Waals surface area (Å²) in [5.41, 5.74) is 11.1. The van der Waals surface area contributed by atoms with Crippen molar-refractivity contribution in [3.8, 4) is 45.5 Å². The van der Waals surface area contributed by atoms with E-state index < -0.39 is 0 Å². The number of fused-ring (bicyclic) bond motifs is 10. The number of nitrogens with zero attached hydrogens (tertiary/aromatic N) is 5. The maximum atomic E-state index is 6.75. The van der Waals surface area contributed by atoms with Crippen molar-refractivity contribution in [2.24, 2.45) is 0 Å². The van der Waals surface area contributed by atoms with Gasteiger partial charge < -0.3 is 13.6 Å². The Bertz CT molecular complexity index is 3430. The molecule has 0 amide bonds. The summed E-state index contributed by atoms with van der Waals surface area (Å²) in [6.07, 6.45) is 0. The number of para-hydroxylation sites is 3. The summed E-state index contributed by atoms with van der Waals surface area (Å²) in [6, 6.07) is 65.5. The lowest BCUT2D eigenvalue weighted by molar-refractivity contribution is 0.671. The van der Waals surface area contributed by atoms with E-state index in [4.69, 9.17) is 19.4 Å². The monoisotopic (exact) mass is 729 g/mol. The Balaban J connectivity index is 1.12. The molecule has 0 bridgehead atoms. The van der Waals surface area contributed by atoms with Gasteiger partial charge in [-0.25, -0.2) is 15.0 Å². The maximum absolute atomic E-state index is 6.75. The van der Waals surface area contributed by atoms with Gasteiger partial charge in [0.05, 0.1) is 22.1 Å². The van der Waals surface area contributed by atoms with Crippen molar-refractivity contribution in [2.75, 3.05) is 0 Å². The van der Waals surface area contributed by atoms with Crippen LogP contribution in [0.25, 0.3) is 111 Å². The second kappa shape index (κ2) is 12.3. The van der Waals surface area contributed by atoms with Gasteiger partial charge in [-0.1, -0.05) is 121 Å². The summed E-state index contributed by atoms with van der Waals surface area (Å²) in [7, 11) is 0. The SMILES string of the molecule is c1ccc(-c2nc(-c3ccccc3)nc(-c3ccc(-n4c5cc6c7ccccc7n(-c7ccccc7)c6cc5c5ccc6c7ccccc7oc6c54)cc3)n2)cc1. The molecule has 4 heterocycles. The molecule has 0 N–H and O–H groups in total. The topological polar surface area (TPSA) is 61.7 Å². The van der Waals surface area contributed by atoms with Crippen molar-refractivity contribution < 1.29 is 4.42 Å². The lowest BCUT2D eigenvalue weighted by Gasteiger charge is -2.11. The third kappa shape index (κ3) is 4.87. The zero-order valence-electron chi connectivity index (χ0n) is 30.5. The minimum absolute atomic E-state index is 0.617. The fourth-order valence-electron chi connectivity index (χ4n) is 8.56. The molecule has 12 rings (SSSR count). The molecule has 12 aromatic rings. The standard InChI is InChI=1S/C51H31N5O/c1-4-14-32(15-5-1)49-52-50(33-16-6-2-7-17-33)54-51(53-49)34-24-26-36(27-25-34)56-45-30-41-37-20-10-12-22-43(37)55(35-18-8-3-9-19-35)44(41)31-42(45)39-28-29-40-38-21-11-13-23-46(38)57-48(40)47(39)56/h1-31H. The Hall–Kier alpha value is -7.83. The van der Waals surface area contributed by atoms with Gasteiger partial charge in [-0.3, -0.25) is 0 Å². The van der Waals surface area contributed by atoms with E-state index in [1.54, 1.807) is 0 Å². The smallest absolute Gasteiger partial charge is 0.164 e. The molecule has 0 saturated carbocycles. The molecule has 0 radical (unpaired) electrons. The molecule has 57 heavy (non-hydrogen) atoms. The molecule has 6 nitrogen and oxygen atoms in total. The van der Waals surface area contributed by atoms with E-state index in [1.807, 2.05) is 72.8 Å². The quantitative estimate of drug-likeness (QED) is 0.177. The largest absolute Gasteiger partial charge is 0.454 e. The summed E-state index contributed by atoms with van der Waals surface area (Å²) in [5, 5.41) is 6.88. The first-order valence-corrected chi connectivity index (χ1v) is 19.1. The highest BCUT2D eigenvalue weighted by molar-refractivity contribution is 6.24. The minimum Gasteiger partial charge on any atom is -0.454 e. The van der Waals surface area contributed by atoms with Crippen LogP contribution in [-0.4, -0.2) is 24.1 Å². The number of furan rings is 1. The Labute approximate surface area is 326 Å². The summed E-state index contributed by atoms with van der Waals surface area (Å²) in [4.78, 5) is 14.9. The van der Waals surface area contributed by atoms with Crippen molar-refractivity contribution in [1.29, 1.82) is 0 Å². The van der Waals surface area contributed by atoms with Gasteiger partial charge in [-0.2, -0.15) is 0 Å². The summed E-state index contributed by atoms with van der Waals surface area (Å²) in [5.74, 6) is 1.89. The van der Waals surface area contributed by atoms with Crippen LogP contribution in [0, 0.1) is 0 Å². The molecule has 266 valence electrons. The third-order valence-corrected chi connectivity index (χ3v) is 11.2. The molecule has 6 heteroatoms. The highest BCUT2D eigenvalue weighted by Crippen LogP contribution is 2.43. The highest BCUT2D eigenvalue weighted by atomic mass is 16.3. The van der Waals surface area contributed by atoms with Crippen molar-refractivity contribution in [3.05, 3.63) is 188 Å². The Morgan fingerprint density at radius 1 is 0.333 bits per heavy atom. The third-order valence-electron chi connectivity index (χ3n) is 11.2. The first-order chi connectivity index (χ1) is 28.3. The molecule has 4 aromatic heterocycles. The molecule has 0 saturated heterocycles. The molecule has 8 aromatic carbocycles. The molecule has 0 aliphatic carbocycles. The Morgan fingerprint density at radius 3 is 1.49 bits per heavy atom. The second-order valence-electron chi connectivity index (χ2n) is 14.4. The van der Waals surface area contributed by atoms with Crippen LogP contribution in [0.3, 0.4) is 0 Å². The predicted molar refractivity (Wildman–Crippen MR) is 232 cm³/mol. The van der Waals surface area contributed by atoms with E-state index >= 15 is 0 Å². The highest BCUT2D eigenvalue weighted by Gasteiger charge is 2.22. The van der Waals surface area contributed by atoms with Gasteiger partial charge in [0.2, 0.25) is 0 Å². The number of hydrogen-bond acceptors (Lipinski definition) is 4. The molecular formula is C51H31N5O. The number of hydrogen-bond donors (Lipinski definition) is 0. The van der Waals surface area contributed by atoms with Crippen LogP contribution >= 0.6 is 0 Å². The van der Waals surface area contributed by atoms with E-state index in [-0.39, 0.29) is 0 Å².